The highest BCUT2D eigenvalue weighted by molar-refractivity contribution is 7.90. The van der Waals surface area contributed by atoms with Crippen molar-refractivity contribution < 1.29 is 13.3 Å². The van der Waals surface area contributed by atoms with Crippen molar-refractivity contribution in [1.29, 1.82) is 0 Å². The van der Waals surface area contributed by atoms with Gasteiger partial charge >= 0.3 is 5.69 Å². The van der Waals surface area contributed by atoms with E-state index in [9.17, 15) is 18.5 Å². The fraction of sp³-hybridized carbons (Fsp3) is 0.538. The SMILES string of the molecule is CS(=O)(=O)c1cccc(N2CC[C@H]3CNC[C@H]32)c1[N+](=O)[O-]. The van der Waals surface area contributed by atoms with E-state index >= 15 is 0 Å². The minimum absolute atomic E-state index is 0.207. The van der Waals surface area contributed by atoms with Crippen LogP contribution >= 0.6 is 0 Å². The summed E-state index contributed by atoms with van der Waals surface area (Å²) < 4.78 is 23.6. The molecule has 2 fully saturated rings. The Labute approximate surface area is 123 Å². The molecular formula is C13H17N3O4S. The van der Waals surface area contributed by atoms with E-state index in [1.165, 1.54) is 6.07 Å². The van der Waals surface area contributed by atoms with Gasteiger partial charge in [-0.2, -0.15) is 0 Å². The number of nitrogens with one attached hydrogen (secondary N) is 1. The monoisotopic (exact) mass is 311 g/mol. The van der Waals surface area contributed by atoms with Crippen LogP contribution in [-0.4, -0.2) is 45.3 Å². The van der Waals surface area contributed by atoms with Gasteiger partial charge in [-0.05, 0) is 24.5 Å². The molecule has 0 radical (unpaired) electrons. The molecule has 1 N–H and O–H groups in total. The van der Waals surface area contributed by atoms with E-state index in [1.54, 1.807) is 12.1 Å². The molecule has 1 aromatic rings. The molecule has 2 saturated heterocycles. The first kappa shape index (κ1) is 14.3. The highest BCUT2D eigenvalue weighted by atomic mass is 32.2. The third kappa shape index (κ3) is 2.38. The molecular weight excluding hydrogens is 294 g/mol. The maximum absolute atomic E-state index is 11.8. The first-order valence-electron chi connectivity index (χ1n) is 6.84. The Morgan fingerprint density at radius 3 is 2.81 bits per heavy atom. The lowest BCUT2D eigenvalue weighted by molar-refractivity contribution is -0.387. The molecule has 0 spiro atoms. The number of hydrogen-bond acceptors (Lipinski definition) is 6. The summed E-state index contributed by atoms with van der Waals surface area (Å²) in [7, 11) is -3.64. The summed E-state index contributed by atoms with van der Waals surface area (Å²) in [4.78, 5) is 12.6. The number of nitro groups is 1. The molecule has 114 valence electrons. The highest BCUT2D eigenvalue weighted by Crippen LogP contribution is 2.40. The molecule has 2 heterocycles. The van der Waals surface area contributed by atoms with Crippen molar-refractivity contribution in [2.75, 3.05) is 30.8 Å². The average Bonchev–Trinajstić information content (AvgIpc) is 2.98. The van der Waals surface area contributed by atoms with Gasteiger partial charge in [0.25, 0.3) is 0 Å². The number of hydrogen-bond donors (Lipinski definition) is 1. The molecule has 2 atom stereocenters. The molecule has 1 aromatic carbocycles. The van der Waals surface area contributed by atoms with E-state index < -0.39 is 14.8 Å². The van der Waals surface area contributed by atoms with Gasteiger partial charge in [-0.25, -0.2) is 8.42 Å². The number of nitro benzene ring substituents is 1. The van der Waals surface area contributed by atoms with Gasteiger partial charge in [0.1, 0.15) is 10.6 Å². The van der Waals surface area contributed by atoms with E-state index in [-0.39, 0.29) is 16.6 Å². The Morgan fingerprint density at radius 2 is 2.14 bits per heavy atom. The van der Waals surface area contributed by atoms with Crippen molar-refractivity contribution in [3.05, 3.63) is 28.3 Å². The van der Waals surface area contributed by atoms with Gasteiger partial charge < -0.3 is 10.2 Å². The fourth-order valence-corrected chi connectivity index (χ4v) is 4.23. The minimum atomic E-state index is -3.64. The molecule has 0 aromatic heterocycles. The van der Waals surface area contributed by atoms with Crippen LogP contribution in [0.1, 0.15) is 6.42 Å². The maximum atomic E-state index is 11.8. The standard InChI is InChI=1S/C13H17N3O4S/c1-21(19,20)12-4-2-3-10(13(12)16(17)18)15-6-5-9-7-14-8-11(9)15/h2-4,9,11,14H,5-8H2,1H3/t9-,11+/m0/s1. The summed E-state index contributed by atoms with van der Waals surface area (Å²) in [5.41, 5.74) is 0.117. The predicted octanol–water partition coefficient (Wildman–Crippen LogP) is 0.796. The van der Waals surface area contributed by atoms with Crippen LogP contribution in [0.25, 0.3) is 0 Å². The number of sulfone groups is 1. The van der Waals surface area contributed by atoms with Crippen LogP contribution < -0.4 is 10.2 Å². The number of para-hydroxylation sites is 1. The topological polar surface area (TPSA) is 92.6 Å². The Morgan fingerprint density at radius 1 is 1.38 bits per heavy atom. The second-order valence-electron chi connectivity index (χ2n) is 5.62. The molecule has 2 aliphatic rings. The smallest absolute Gasteiger partial charge is 0.311 e. The minimum Gasteiger partial charge on any atom is -0.361 e. The van der Waals surface area contributed by atoms with Gasteiger partial charge in [0, 0.05) is 31.9 Å². The predicted molar refractivity (Wildman–Crippen MR) is 78.3 cm³/mol. The molecule has 0 unspecified atom stereocenters. The second-order valence-corrected chi connectivity index (χ2v) is 7.61. The molecule has 0 amide bonds. The van der Waals surface area contributed by atoms with Crippen molar-refractivity contribution in [3.8, 4) is 0 Å². The van der Waals surface area contributed by atoms with Crippen LogP contribution in [0, 0.1) is 16.0 Å². The van der Waals surface area contributed by atoms with E-state index in [4.69, 9.17) is 0 Å². The maximum Gasteiger partial charge on any atom is 0.311 e. The fourth-order valence-electron chi connectivity index (χ4n) is 3.37. The van der Waals surface area contributed by atoms with E-state index in [0.29, 0.717) is 11.6 Å². The lowest BCUT2D eigenvalue weighted by Gasteiger charge is -2.25. The van der Waals surface area contributed by atoms with Gasteiger partial charge in [0.05, 0.1) is 4.92 Å². The third-order valence-electron chi connectivity index (χ3n) is 4.31. The molecule has 0 bridgehead atoms. The third-order valence-corrected chi connectivity index (χ3v) is 5.44. The number of nitrogens with zero attached hydrogens (tertiary/aromatic N) is 2. The molecule has 8 heteroatoms. The van der Waals surface area contributed by atoms with Crippen LogP contribution in [0.3, 0.4) is 0 Å². The number of benzene rings is 1. The molecule has 3 rings (SSSR count). The van der Waals surface area contributed by atoms with Crippen molar-refractivity contribution >= 4 is 21.2 Å². The summed E-state index contributed by atoms with van der Waals surface area (Å²) in [5.74, 6) is 0.478. The summed E-state index contributed by atoms with van der Waals surface area (Å²) in [5, 5.41) is 14.7. The Hall–Kier alpha value is -1.67. The Bertz CT molecular complexity index is 689. The first-order chi connectivity index (χ1) is 9.89. The zero-order valence-electron chi connectivity index (χ0n) is 11.7. The van der Waals surface area contributed by atoms with Crippen molar-refractivity contribution in [2.24, 2.45) is 5.92 Å². The molecule has 21 heavy (non-hydrogen) atoms. The molecule has 7 nitrogen and oxygen atoms in total. The number of anilines is 1. The molecule has 2 aliphatic heterocycles. The zero-order valence-corrected chi connectivity index (χ0v) is 12.5. The first-order valence-corrected chi connectivity index (χ1v) is 8.73. The van der Waals surface area contributed by atoms with Crippen molar-refractivity contribution in [3.63, 3.8) is 0 Å². The summed E-state index contributed by atoms with van der Waals surface area (Å²) in [6.07, 6.45) is 1.97. The number of rotatable bonds is 3. The van der Waals surface area contributed by atoms with Crippen molar-refractivity contribution in [1.82, 2.24) is 5.32 Å². The Kier molecular flexibility index (Phi) is 3.37. The summed E-state index contributed by atoms with van der Waals surface area (Å²) >= 11 is 0. The molecule has 0 aliphatic carbocycles. The second kappa shape index (κ2) is 4.96. The van der Waals surface area contributed by atoms with E-state index in [0.717, 1.165) is 32.3 Å². The lowest BCUT2D eigenvalue weighted by Crippen LogP contribution is -2.34. The molecule has 0 saturated carbocycles. The highest BCUT2D eigenvalue weighted by Gasteiger charge is 2.41. The van der Waals surface area contributed by atoms with Crippen LogP contribution in [0.15, 0.2) is 23.1 Å². The van der Waals surface area contributed by atoms with Gasteiger partial charge in [0.2, 0.25) is 0 Å². The summed E-state index contributed by atoms with van der Waals surface area (Å²) in [6, 6.07) is 4.73. The van der Waals surface area contributed by atoms with E-state index in [2.05, 4.69) is 5.32 Å². The largest absolute Gasteiger partial charge is 0.361 e. The van der Waals surface area contributed by atoms with Crippen LogP contribution in [0.4, 0.5) is 11.4 Å². The van der Waals surface area contributed by atoms with Gasteiger partial charge in [-0.3, -0.25) is 10.1 Å². The quantitative estimate of drug-likeness (QED) is 0.655. The van der Waals surface area contributed by atoms with Crippen LogP contribution in [0.5, 0.6) is 0 Å². The van der Waals surface area contributed by atoms with Gasteiger partial charge in [-0.1, -0.05) is 6.07 Å². The van der Waals surface area contributed by atoms with Gasteiger partial charge in [-0.15, -0.1) is 0 Å². The number of fused-ring (bicyclic) bond motifs is 1. The van der Waals surface area contributed by atoms with Crippen LogP contribution in [0.2, 0.25) is 0 Å². The summed E-state index contributed by atoms with van der Waals surface area (Å²) in [6.45, 7) is 2.43. The normalized spacial score (nSPS) is 25.1. The van der Waals surface area contributed by atoms with Crippen LogP contribution in [-0.2, 0) is 9.84 Å². The van der Waals surface area contributed by atoms with E-state index in [1.807, 2.05) is 4.90 Å². The zero-order chi connectivity index (χ0) is 15.2. The average molecular weight is 311 g/mol. The lowest BCUT2D eigenvalue weighted by atomic mass is 10.0. The van der Waals surface area contributed by atoms with Gasteiger partial charge in [0.15, 0.2) is 9.84 Å². The van der Waals surface area contributed by atoms with Crippen molar-refractivity contribution in [2.45, 2.75) is 17.4 Å². The Balaban J connectivity index is 2.13.